The summed E-state index contributed by atoms with van der Waals surface area (Å²) in [5.41, 5.74) is 6.90. The lowest BCUT2D eigenvalue weighted by Crippen LogP contribution is -2.15. The number of nitrogens with two attached hydrogens (primary N) is 1. The van der Waals surface area contributed by atoms with Crippen molar-refractivity contribution in [2.75, 3.05) is 7.11 Å². The molecule has 2 N–H and O–H groups in total. The molecule has 1 aromatic carbocycles. The summed E-state index contributed by atoms with van der Waals surface area (Å²) in [6.45, 7) is 0. The first-order valence-electron chi connectivity index (χ1n) is 5.77. The first-order valence-corrected chi connectivity index (χ1v) is 5.77. The Morgan fingerprint density at radius 2 is 2.25 bits per heavy atom. The van der Waals surface area contributed by atoms with Crippen LogP contribution in [-0.4, -0.2) is 13.2 Å². The predicted octanol–water partition coefficient (Wildman–Crippen LogP) is 2.50. The molecule has 2 rings (SSSR count). The number of benzene rings is 1. The van der Waals surface area contributed by atoms with Crippen molar-refractivity contribution in [1.82, 2.24) is 0 Å². The smallest absolute Gasteiger partial charge is 0.165 e. The molecule has 88 valence electrons. The van der Waals surface area contributed by atoms with Crippen molar-refractivity contribution in [2.24, 2.45) is 11.7 Å². The molecule has 2 unspecified atom stereocenters. The van der Waals surface area contributed by atoms with E-state index in [9.17, 15) is 4.39 Å². The Morgan fingerprint density at radius 1 is 1.44 bits per heavy atom. The molecule has 0 spiro atoms. The van der Waals surface area contributed by atoms with Crippen LogP contribution in [0.4, 0.5) is 4.39 Å². The molecule has 3 heteroatoms. The van der Waals surface area contributed by atoms with Gasteiger partial charge in [-0.3, -0.25) is 0 Å². The normalized spacial score (nSPS) is 24.7. The molecule has 2 nitrogen and oxygen atoms in total. The van der Waals surface area contributed by atoms with Gasteiger partial charge in [0.15, 0.2) is 11.6 Å². The number of rotatable bonds is 3. The zero-order valence-corrected chi connectivity index (χ0v) is 9.58. The predicted molar refractivity (Wildman–Crippen MR) is 62.0 cm³/mol. The third kappa shape index (κ3) is 2.53. The molecule has 1 aliphatic rings. The fourth-order valence-corrected chi connectivity index (χ4v) is 2.47. The Hall–Kier alpha value is -1.09. The summed E-state index contributed by atoms with van der Waals surface area (Å²) in [4.78, 5) is 0. The van der Waals surface area contributed by atoms with Gasteiger partial charge < -0.3 is 10.5 Å². The molecule has 1 fully saturated rings. The quantitative estimate of drug-likeness (QED) is 0.854. The van der Waals surface area contributed by atoms with Crippen molar-refractivity contribution in [3.8, 4) is 5.75 Å². The van der Waals surface area contributed by atoms with E-state index in [4.69, 9.17) is 10.5 Å². The largest absolute Gasteiger partial charge is 0.494 e. The minimum atomic E-state index is -0.276. The summed E-state index contributed by atoms with van der Waals surface area (Å²) in [6, 6.07) is 5.54. The summed E-state index contributed by atoms with van der Waals surface area (Å²) in [5, 5.41) is 0. The Balaban J connectivity index is 2.02. The van der Waals surface area contributed by atoms with Gasteiger partial charge in [-0.15, -0.1) is 0 Å². The average Bonchev–Trinajstić information content (AvgIpc) is 2.64. The molecule has 1 aromatic rings. The van der Waals surface area contributed by atoms with Crippen LogP contribution in [0, 0.1) is 11.7 Å². The van der Waals surface area contributed by atoms with Gasteiger partial charge in [0.1, 0.15) is 0 Å². The molecule has 2 atom stereocenters. The van der Waals surface area contributed by atoms with E-state index in [0.29, 0.717) is 17.7 Å². The van der Waals surface area contributed by atoms with Crippen LogP contribution >= 0.6 is 0 Å². The monoisotopic (exact) mass is 223 g/mol. The van der Waals surface area contributed by atoms with Crippen LogP contribution in [0.2, 0.25) is 0 Å². The standard InChI is InChI=1S/C13H18FNO/c1-16-13-5-3-10(8-12(13)14)6-9-2-4-11(15)7-9/h3,5,8-9,11H,2,4,6-7,15H2,1H3. The Labute approximate surface area is 95.6 Å². The zero-order valence-electron chi connectivity index (χ0n) is 9.58. The third-order valence-electron chi connectivity index (χ3n) is 3.32. The van der Waals surface area contributed by atoms with E-state index in [1.807, 2.05) is 6.07 Å². The average molecular weight is 223 g/mol. The number of ether oxygens (including phenoxy) is 1. The molecule has 0 amide bonds. The second kappa shape index (κ2) is 4.83. The van der Waals surface area contributed by atoms with E-state index >= 15 is 0 Å². The summed E-state index contributed by atoms with van der Waals surface area (Å²) in [5.74, 6) is 0.650. The fraction of sp³-hybridized carbons (Fsp3) is 0.538. The van der Waals surface area contributed by atoms with Crippen LogP contribution in [0.5, 0.6) is 5.75 Å². The third-order valence-corrected chi connectivity index (χ3v) is 3.32. The Kier molecular flexibility index (Phi) is 3.44. The van der Waals surface area contributed by atoms with Crippen molar-refractivity contribution in [3.63, 3.8) is 0 Å². The van der Waals surface area contributed by atoms with E-state index in [1.165, 1.54) is 7.11 Å². The molecule has 1 aliphatic carbocycles. The van der Waals surface area contributed by atoms with E-state index in [-0.39, 0.29) is 5.82 Å². The fourth-order valence-electron chi connectivity index (χ4n) is 2.47. The minimum Gasteiger partial charge on any atom is -0.494 e. The zero-order chi connectivity index (χ0) is 11.5. The topological polar surface area (TPSA) is 35.2 Å². The SMILES string of the molecule is COc1ccc(CC2CCC(N)C2)cc1F. The summed E-state index contributed by atoms with van der Waals surface area (Å²) in [7, 11) is 1.48. The summed E-state index contributed by atoms with van der Waals surface area (Å²) in [6.07, 6.45) is 4.25. The van der Waals surface area contributed by atoms with Crippen LogP contribution in [0.1, 0.15) is 24.8 Å². The minimum absolute atomic E-state index is 0.276. The second-order valence-corrected chi connectivity index (χ2v) is 4.61. The van der Waals surface area contributed by atoms with Gasteiger partial charge in [-0.25, -0.2) is 4.39 Å². The number of methoxy groups -OCH3 is 1. The van der Waals surface area contributed by atoms with E-state index < -0.39 is 0 Å². The van der Waals surface area contributed by atoms with Gasteiger partial charge in [0.05, 0.1) is 7.11 Å². The first kappa shape index (κ1) is 11.4. The van der Waals surface area contributed by atoms with Gasteiger partial charge in [0, 0.05) is 6.04 Å². The Bertz CT molecular complexity index is 367. The molecule has 0 bridgehead atoms. The highest BCUT2D eigenvalue weighted by molar-refractivity contribution is 5.29. The highest BCUT2D eigenvalue weighted by Gasteiger charge is 2.22. The van der Waals surface area contributed by atoms with Crippen molar-refractivity contribution in [1.29, 1.82) is 0 Å². The van der Waals surface area contributed by atoms with E-state index in [0.717, 1.165) is 31.2 Å². The van der Waals surface area contributed by atoms with Crippen molar-refractivity contribution >= 4 is 0 Å². The van der Waals surface area contributed by atoms with Gasteiger partial charge in [-0.05, 0) is 49.3 Å². The number of halogens is 1. The highest BCUT2D eigenvalue weighted by atomic mass is 19.1. The summed E-state index contributed by atoms with van der Waals surface area (Å²) < 4.78 is 18.3. The van der Waals surface area contributed by atoms with E-state index in [1.54, 1.807) is 12.1 Å². The second-order valence-electron chi connectivity index (χ2n) is 4.61. The molecule has 0 heterocycles. The molecular weight excluding hydrogens is 205 g/mol. The van der Waals surface area contributed by atoms with Gasteiger partial charge >= 0.3 is 0 Å². The molecule has 16 heavy (non-hydrogen) atoms. The van der Waals surface area contributed by atoms with E-state index in [2.05, 4.69) is 0 Å². The molecule has 1 saturated carbocycles. The molecule has 0 aliphatic heterocycles. The van der Waals surface area contributed by atoms with Crippen molar-refractivity contribution in [2.45, 2.75) is 31.7 Å². The van der Waals surface area contributed by atoms with Gasteiger partial charge in [0.2, 0.25) is 0 Å². The molecule has 0 aromatic heterocycles. The van der Waals surface area contributed by atoms with Crippen molar-refractivity contribution < 1.29 is 9.13 Å². The number of hydrogen-bond donors (Lipinski definition) is 1. The number of hydrogen-bond acceptors (Lipinski definition) is 2. The molecule has 0 saturated heterocycles. The highest BCUT2D eigenvalue weighted by Crippen LogP contribution is 2.28. The maximum Gasteiger partial charge on any atom is 0.165 e. The molecule has 0 radical (unpaired) electrons. The first-order chi connectivity index (χ1) is 7.69. The van der Waals surface area contributed by atoms with Gasteiger partial charge in [-0.1, -0.05) is 6.07 Å². The maximum atomic E-state index is 13.5. The summed E-state index contributed by atoms with van der Waals surface area (Å²) >= 11 is 0. The van der Waals surface area contributed by atoms with Crippen LogP contribution < -0.4 is 10.5 Å². The van der Waals surface area contributed by atoms with Crippen LogP contribution in [0.3, 0.4) is 0 Å². The Morgan fingerprint density at radius 3 is 2.81 bits per heavy atom. The lowest BCUT2D eigenvalue weighted by molar-refractivity contribution is 0.385. The van der Waals surface area contributed by atoms with Crippen LogP contribution in [0.15, 0.2) is 18.2 Å². The van der Waals surface area contributed by atoms with Crippen LogP contribution in [0.25, 0.3) is 0 Å². The van der Waals surface area contributed by atoms with Crippen LogP contribution in [-0.2, 0) is 6.42 Å². The lowest BCUT2D eigenvalue weighted by Gasteiger charge is -2.10. The van der Waals surface area contributed by atoms with Gasteiger partial charge in [0.25, 0.3) is 0 Å². The van der Waals surface area contributed by atoms with Gasteiger partial charge in [-0.2, -0.15) is 0 Å². The van der Waals surface area contributed by atoms with Crippen molar-refractivity contribution in [3.05, 3.63) is 29.6 Å². The lowest BCUT2D eigenvalue weighted by atomic mass is 9.97. The maximum absolute atomic E-state index is 13.5. The molecular formula is C13H18FNO.